The lowest BCUT2D eigenvalue weighted by Crippen LogP contribution is -1.98. The van der Waals surface area contributed by atoms with Gasteiger partial charge in [0, 0.05) is 35.5 Å². The van der Waals surface area contributed by atoms with E-state index in [-0.39, 0.29) is 0 Å². The summed E-state index contributed by atoms with van der Waals surface area (Å²) in [6.45, 7) is 3.86. The fourth-order valence-corrected chi connectivity index (χ4v) is 1.82. The van der Waals surface area contributed by atoms with E-state index in [0.717, 1.165) is 17.8 Å². The molecular formula is C12H13N3. The second-order valence-corrected chi connectivity index (χ2v) is 4.19. The van der Waals surface area contributed by atoms with E-state index < -0.39 is 0 Å². The second-order valence-electron chi connectivity index (χ2n) is 4.19. The van der Waals surface area contributed by atoms with Crippen molar-refractivity contribution in [1.82, 2.24) is 10.4 Å². The number of rotatable bonds is 2. The molecule has 1 aliphatic heterocycles. The first-order chi connectivity index (χ1) is 7.33. The standard InChI is InChI=1S/C12H13N3/c1-8-6-12(15-14-8)10-4-5-13-11(7-10)9-2-3-9/h4-5,7,9,14H,1-3,6H2. The van der Waals surface area contributed by atoms with E-state index in [2.05, 4.69) is 28.2 Å². The summed E-state index contributed by atoms with van der Waals surface area (Å²) in [5, 5.41) is 4.25. The van der Waals surface area contributed by atoms with Gasteiger partial charge in [0.05, 0.1) is 5.71 Å². The summed E-state index contributed by atoms with van der Waals surface area (Å²) < 4.78 is 0. The molecule has 76 valence electrons. The monoisotopic (exact) mass is 199 g/mol. The van der Waals surface area contributed by atoms with Crippen LogP contribution in [0.25, 0.3) is 0 Å². The molecule has 15 heavy (non-hydrogen) atoms. The van der Waals surface area contributed by atoms with Crippen LogP contribution in [0.2, 0.25) is 0 Å². The SMILES string of the molecule is C=C1CC(c2ccnc(C3CC3)c2)=NN1. The highest BCUT2D eigenvalue weighted by Crippen LogP contribution is 2.39. The number of nitrogens with zero attached hydrogens (tertiary/aromatic N) is 2. The Morgan fingerprint density at radius 3 is 2.93 bits per heavy atom. The number of aromatic nitrogens is 1. The zero-order valence-corrected chi connectivity index (χ0v) is 8.53. The van der Waals surface area contributed by atoms with Crippen LogP contribution in [-0.4, -0.2) is 10.7 Å². The Labute approximate surface area is 88.9 Å². The Bertz CT molecular complexity index is 444. The molecule has 0 aromatic carbocycles. The molecule has 2 heterocycles. The van der Waals surface area contributed by atoms with Crippen molar-refractivity contribution in [3.05, 3.63) is 41.9 Å². The molecule has 1 aromatic rings. The van der Waals surface area contributed by atoms with Gasteiger partial charge in [-0.05, 0) is 25.0 Å². The second kappa shape index (κ2) is 3.19. The number of hydrogen-bond acceptors (Lipinski definition) is 3. The van der Waals surface area contributed by atoms with Crippen molar-refractivity contribution < 1.29 is 0 Å². The van der Waals surface area contributed by atoms with Gasteiger partial charge in [0.15, 0.2) is 0 Å². The normalized spacial score (nSPS) is 20.0. The molecule has 0 saturated heterocycles. The molecule has 1 fully saturated rings. The van der Waals surface area contributed by atoms with Crippen molar-refractivity contribution in [2.75, 3.05) is 0 Å². The first-order valence-corrected chi connectivity index (χ1v) is 5.29. The molecule has 0 atom stereocenters. The zero-order chi connectivity index (χ0) is 10.3. The maximum atomic E-state index is 4.39. The van der Waals surface area contributed by atoms with Gasteiger partial charge in [-0.3, -0.25) is 10.4 Å². The average Bonchev–Trinajstić information content (AvgIpc) is 3.02. The predicted octanol–water partition coefficient (Wildman–Crippen LogP) is 2.17. The van der Waals surface area contributed by atoms with E-state index in [1.165, 1.54) is 24.1 Å². The van der Waals surface area contributed by atoms with Crippen LogP contribution in [0.4, 0.5) is 0 Å². The molecule has 1 aliphatic carbocycles. The topological polar surface area (TPSA) is 37.3 Å². The van der Waals surface area contributed by atoms with E-state index in [1.807, 2.05) is 12.3 Å². The third-order valence-corrected chi connectivity index (χ3v) is 2.84. The summed E-state index contributed by atoms with van der Waals surface area (Å²) >= 11 is 0. The van der Waals surface area contributed by atoms with Crippen LogP contribution in [0.15, 0.2) is 35.7 Å². The maximum Gasteiger partial charge on any atom is 0.0739 e. The Hall–Kier alpha value is -1.64. The maximum absolute atomic E-state index is 4.39. The molecular weight excluding hydrogens is 186 g/mol. The van der Waals surface area contributed by atoms with Gasteiger partial charge in [0.25, 0.3) is 0 Å². The van der Waals surface area contributed by atoms with Gasteiger partial charge in [0.2, 0.25) is 0 Å². The van der Waals surface area contributed by atoms with Gasteiger partial charge in [-0.2, -0.15) is 5.10 Å². The first kappa shape index (κ1) is 8.65. The molecule has 3 heteroatoms. The molecule has 0 radical (unpaired) electrons. The fourth-order valence-electron chi connectivity index (χ4n) is 1.82. The van der Waals surface area contributed by atoms with Crippen LogP contribution in [-0.2, 0) is 0 Å². The molecule has 0 bridgehead atoms. The van der Waals surface area contributed by atoms with Gasteiger partial charge >= 0.3 is 0 Å². The van der Waals surface area contributed by atoms with Gasteiger partial charge in [-0.1, -0.05) is 6.58 Å². The summed E-state index contributed by atoms with van der Waals surface area (Å²) in [5.74, 6) is 0.697. The minimum Gasteiger partial charge on any atom is -0.283 e. The summed E-state index contributed by atoms with van der Waals surface area (Å²) in [6.07, 6.45) is 5.28. The number of allylic oxidation sites excluding steroid dienone is 1. The quantitative estimate of drug-likeness (QED) is 0.792. The lowest BCUT2D eigenvalue weighted by atomic mass is 10.1. The van der Waals surface area contributed by atoms with Crippen LogP contribution in [0.3, 0.4) is 0 Å². The minimum atomic E-state index is 0.697. The number of pyridine rings is 1. The van der Waals surface area contributed by atoms with Gasteiger partial charge in [0.1, 0.15) is 0 Å². The van der Waals surface area contributed by atoms with Gasteiger partial charge in [-0.15, -0.1) is 0 Å². The number of hydrazone groups is 1. The van der Waals surface area contributed by atoms with E-state index in [9.17, 15) is 0 Å². The fraction of sp³-hybridized carbons (Fsp3) is 0.333. The van der Waals surface area contributed by atoms with Crippen molar-refractivity contribution in [2.24, 2.45) is 5.10 Å². The lowest BCUT2D eigenvalue weighted by Gasteiger charge is -2.01. The van der Waals surface area contributed by atoms with Crippen molar-refractivity contribution in [3.8, 4) is 0 Å². The summed E-state index contributed by atoms with van der Waals surface area (Å²) in [4.78, 5) is 4.39. The molecule has 0 spiro atoms. The highest BCUT2D eigenvalue weighted by atomic mass is 15.3. The first-order valence-electron chi connectivity index (χ1n) is 5.29. The Balaban J connectivity index is 1.91. The summed E-state index contributed by atoms with van der Waals surface area (Å²) in [6, 6.07) is 4.18. The average molecular weight is 199 g/mol. The van der Waals surface area contributed by atoms with E-state index in [1.54, 1.807) is 0 Å². The van der Waals surface area contributed by atoms with Crippen LogP contribution >= 0.6 is 0 Å². The zero-order valence-electron chi connectivity index (χ0n) is 8.53. The van der Waals surface area contributed by atoms with Crippen LogP contribution in [0.1, 0.15) is 36.4 Å². The highest BCUT2D eigenvalue weighted by molar-refractivity contribution is 6.02. The molecule has 2 aliphatic rings. The number of nitrogens with one attached hydrogen (secondary N) is 1. The van der Waals surface area contributed by atoms with Crippen LogP contribution < -0.4 is 5.43 Å². The molecule has 3 rings (SSSR count). The molecule has 1 saturated carbocycles. The third kappa shape index (κ3) is 1.65. The Kier molecular flexibility index (Phi) is 1.84. The Morgan fingerprint density at radius 1 is 1.40 bits per heavy atom. The minimum absolute atomic E-state index is 0.697. The lowest BCUT2D eigenvalue weighted by molar-refractivity contribution is 0.931. The van der Waals surface area contributed by atoms with E-state index in [0.29, 0.717) is 5.92 Å². The molecule has 0 amide bonds. The van der Waals surface area contributed by atoms with Crippen molar-refractivity contribution in [2.45, 2.75) is 25.2 Å². The Morgan fingerprint density at radius 2 is 2.27 bits per heavy atom. The third-order valence-electron chi connectivity index (χ3n) is 2.84. The number of hydrogen-bond donors (Lipinski definition) is 1. The summed E-state index contributed by atoms with van der Waals surface area (Å²) in [5.41, 5.74) is 7.34. The molecule has 3 nitrogen and oxygen atoms in total. The van der Waals surface area contributed by atoms with Crippen molar-refractivity contribution in [1.29, 1.82) is 0 Å². The van der Waals surface area contributed by atoms with Gasteiger partial charge in [-0.25, -0.2) is 0 Å². The smallest absolute Gasteiger partial charge is 0.0739 e. The van der Waals surface area contributed by atoms with Crippen molar-refractivity contribution in [3.63, 3.8) is 0 Å². The predicted molar refractivity (Wildman–Crippen MR) is 59.6 cm³/mol. The highest BCUT2D eigenvalue weighted by Gasteiger charge is 2.25. The molecule has 1 aromatic heterocycles. The molecule has 0 unspecified atom stereocenters. The van der Waals surface area contributed by atoms with Crippen LogP contribution in [0.5, 0.6) is 0 Å². The van der Waals surface area contributed by atoms with E-state index in [4.69, 9.17) is 0 Å². The van der Waals surface area contributed by atoms with Crippen molar-refractivity contribution >= 4 is 5.71 Å². The van der Waals surface area contributed by atoms with Gasteiger partial charge < -0.3 is 0 Å². The largest absolute Gasteiger partial charge is 0.283 e. The van der Waals surface area contributed by atoms with E-state index >= 15 is 0 Å². The summed E-state index contributed by atoms with van der Waals surface area (Å²) in [7, 11) is 0. The van der Waals surface area contributed by atoms with Crippen LogP contribution in [0, 0.1) is 0 Å². The molecule has 1 N–H and O–H groups in total.